The molecule has 0 saturated heterocycles. The average molecular weight is 405 g/mol. The summed E-state index contributed by atoms with van der Waals surface area (Å²) in [6, 6.07) is 4.30. The first-order valence-electron chi connectivity index (χ1n) is 8.68. The molecule has 0 unspecified atom stereocenters. The van der Waals surface area contributed by atoms with E-state index in [4.69, 9.17) is 11.6 Å². The van der Waals surface area contributed by atoms with Gasteiger partial charge in [-0.3, -0.25) is 0 Å². The molecule has 1 nitrogen and oxygen atoms in total. The molecule has 7 heteroatoms. The van der Waals surface area contributed by atoms with Gasteiger partial charge >= 0.3 is 6.11 Å². The second-order valence-electron chi connectivity index (χ2n) is 7.02. The number of benzene rings is 2. The number of ether oxygens (including phenoxy) is 1. The Morgan fingerprint density at radius 1 is 0.926 bits per heavy atom. The molecule has 1 fully saturated rings. The lowest BCUT2D eigenvalue weighted by Crippen LogP contribution is -2.23. The van der Waals surface area contributed by atoms with E-state index in [9.17, 15) is 22.0 Å². The second-order valence-corrected chi connectivity index (χ2v) is 7.43. The Hall–Kier alpha value is -1.82. The molecule has 0 spiro atoms. The van der Waals surface area contributed by atoms with Gasteiger partial charge in [0.1, 0.15) is 5.82 Å². The van der Waals surface area contributed by atoms with Gasteiger partial charge in [0.2, 0.25) is 0 Å². The molecule has 1 saturated carbocycles. The highest BCUT2D eigenvalue weighted by Crippen LogP contribution is 2.40. The van der Waals surface area contributed by atoms with Gasteiger partial charge in [-0.15, -0.1) is 0 Å². The van der Waals surface area contributed by atoms with Gasteiger partial charge in [-0.05, 0) is 60.6 Å². The molecule has 0 radical (unpaired) electrons. The summed E-state index contributed by atoms with van der Waals surface area (Å²) >= 11 is 5.46. The van der Waals surface area contributed by atoms with Gasteiger partial charge in [-0.1, -0.05) is 31.4 Å². The van der Waals surface area contributed by atoms with Crippen molar-refractivity contribution in [3.63, 3.8) is 0 Å². The molecule has 0 amide bonds. The van der Waals surface area contributed by atoms with Gasteiger partial charge < -0.3 is 4.74 Å². The number of rotatable bonds is 4. The van der Waals surface area contributed by atoms with E-state index in [1.165, 1.54) is 0 Å². The number of hydrogen-bond donors (Lipinski definition) is 0. The molecule has 0 bridgehead atoms. The van der Waals surface area contributed by atoms with Crippen molar-refractivity contribution in [2.45, 2.75) is 44.6 Å². The van der Waals surface area contributed by atoms with Crippen LogP contribution in [0.1, 0.15) is 49.7 Å². The summed E-state index contributed by atoms with van der Waals surface area (Å²) in [6.45, 7) is 2.12. The Morgan fingerprint density at radius 2 is 1.52 bits per heavy atom. The predicted molar refractivity (Wildman–Crippen MR) is 92.7 cm³/mol. The van der Waals surface area contributed by atoms with Crippen molar-refractivity contribution >= 4 is 11.6 Å². The highest BCUT2D eigenvalue weighted by Gasteiger charge is 2.37. The lowest BCUT2D eigenvalue weighted by atomic mass is 9.79. The standard InChI is InChI=1S/C20H18ClF5O/c1-11-2-4-12(5-3-11)13-8-17(23)19(18(24)9-13)27-20(25,26)14-6-7-15(21)16(22)10-14/h6-12H,2-5H2,1H3. The van der Waals surface area contributed by atoms with E-state index in [0.717, 1.165) is 49.9 Å². The SMILES string of the molecule is CC1CCC(c2cc(F)c(OC(F)(F)c3ccc(Cl)c(F)c3)c(F)c2)CC1. The maximum atomic E-state index is 14.3. The topological polar surface area (TPSA) is 9.23 Å². The van der Waals surface area contributed by atoms with Crippen molar-refractivity contribution < 1.29 is 26.7 Å². The van der Waals surface area contributed by atoms with Crippen LogP contribution in [-0.2, 0) is 6.11 Å². The molecule has 0 aliphatic heterocycles. The molecule has 27 heavy (non-hydrogen) atoms. The first-order chi connectivity index (χ1) is 12.7. The molecule has 2 aromatic carbocycles. The summed E-state index contributed by atoms with van der Waals surface area (Å²) in [4.78, 5) is 0. The zero-order chi connectivity index (χ0) is 19.8. The van der Waals surface area contributed by atoms with Gasteiger partial charge in [-0.2, -0.15) is 8.78 Å². The van der Waals surface area contributed by atoms with Crippen molar-refractivity contribution in [1.29, 1.82) is 0 Å². The van der Waals surface area contributed by atoms with Crippen LogP contribution in [0.4, 0.5) is 22.0 Å². The summed E-state index contributed by atoms with van der Waals surface area (Å²) in [5.74, 6) is -4.14. The third-order valence-electron chi connectivity index (χ3n) is 4.99. The van der Waals surface area contributed by atoms with Gasteiger partial charge in [0.05, 0.1) is 10.6 Å². The minimum absolute atomic E-state index is 0.00915. The quantitative estimate of drug-likeness (QED) is 0.490. The molecule has 2 aromatic rings. The Kier molecular flexibility index (Phi) is 5.65. The number of halogens is 6. The van der Waals surface area contributed by atoms with Crippen LogP contribution in [-0.4, -0.2) is 0 Å². The lowest BCUT2D eigenvalue weighted by molar-refractivity contribution is -0.188. The Balaban J connectivity index is 1.85. The Labute approximate surface area is 159 Å². The summed E-state index contributed by atoms with van der Waals surface area (Å²) in [7, 11) is 0. The highest BCUT2D eigenvalue weighted by molar-refractivity contribution is 6.30. The largest absolute Gasteiger partial charge is 0.427 e. The molecule has 146 valence electrons. The summed E-state index contributed by atoms with van der Waals surface area (Å²) in [6.07, 6.45) is -0.644. The average Bonchev–Trinajstić information content (AvgIpc) is 2.61. The van der Waals surface area contributed by atoms with Crippen molar-refractivity contribution in [2.75, 3.05) is 0 Å². The smallest absolute Gasteiger partial charge is 0.423 e. The highest BCUT2D eigenvalue weighted by atomic mass is 35.5. The molecule has 3 rings (SSSR count). The first-order valence-corrected chi connectivity index (χ1v) is 9.06. The van der Waals surface area contributed by atoms with Gasteiger partial charge in [-0.25, -0.2) is 13.2 Å². The van der Waals surface area contributed by atoms with Crippen LogP contribution in [0.2, 0.25) is 5.02 Å². The Bertz CT molecular complexity index is 808. The van der Waals surface area contributed by atoms with E-state index in [0.29, 0.717) is 17.5 Å². The maximum absolute atomic E-state index is 14.3. The molecule has 0 N–H and O–H groups in total. The van der Waals surface area contributed by atoms with Crippen LogP contribution in [0.3, 0.4) is 0 Å². The molecule has 0 aromatic heterocycles. The fourth-order valence-electron chi connectivity index (χ4n) is 3.37. The van der Waals surface area contributed by atoms with E-state index >= 15 is 0 Å². The fraction of sp³-hybridized carbons (Fsp3) is 0.400. The molecule has 0 atom stereocenters. The number of alkyl halides is 2. The third-order valence-corrected chi connectivity index (χ3v) is 5.30. The van der Waals surface area contributed by atoms with Crippen LogP contribution < -0.4 is 4.74 Å². The summed E-state index contributed by atoms with van der Waals surface area (Å²) < 4.78 is 74.9. The summed E-state index contributed by atoms with van der Waals surface area (Å²) in [5, 5.41) is -0.349. The number of hydrogen-bond acceptors (Lipinski definition) is 1. The normalized spacial score (nSPS) is 20.6. The first kappa shape index (κ1) is 19.9. The van der Waals surface area contributed by atoms with E-state index in [1.54, 1.807) is 0 Å². The monoisotopic (exact) mass is 404 g/mol. The molecular formula is C20H18ClF5O. The van der Waals surface area contributed by atoms with Gasteiger partial charge in [0.15, 0.2) is 17.4 Å². The van der Waals surface area contributed by atoms with E-state index < -0.39 is 34.9 Å². The summed E-state index contributed by atoms with van der Waals surface area (Å²) in [5.41, 5.74) is -0.460. The maximum Gasteiger partial charge on any atom is 0.427 e. The van der Waals surface area contributed by atoms with Crippen LogP contribution in [0, 0.1) is 23.4 Å². The predicted octanol–water partition coefficient (Wildman–Crippen LogP) is 7.18. The molecule has 1 aliphatic carbocycles. The van der Waals surface area contributed by atoms with E-state index in [-0.39, 0.29) is 10.9 Å². The van der Waals surface area contributed by atoms with Crippen LogP contribution in [0.15, 0.2) is 30.3 Å². The van der Waals surface area contributed by atoms with Crippen molar-refractivity contribution in [3.05, 3.63) is 63.9 Å². The lowest BCUT2D eigenvalue weighted by Gasteiger charge is -2.27. The zero-order valence-corrected chi connectivity index (χ0v) is 15.3. The minimum atomic E-state index is -4.13. The van der Waals surface area contributed by atoms with Crippen LogP contribution in [0.5, 0.6) is 5.75 Å². The second kappa shape index (κ2) is 7.66. The van der Waals surface area contributed by atoms with Gasteiger partial charge in [0.25, 0.3) is 0 Å². The molecular weight excluding hydrogens is 387 g/mol. The van der Waals surface area contributed by atoms with E-state index in [1.807, 2.05) is 0 Å². The minimum Gasteiger partial charge on any atom is -0.423 e. The fourth-order valence-corrected chi connectivity index (χ4v) is 3.49. The van der Waals surface area contributed by atoms with Crippen LogP contribution >= 0.6 is 11.6 Å². The van der Waals surface area contributed by atoms with Crippen molar-refractivity contribution in [3.8, 4) is 5.75 Å². The molecule has 1 aliphatic rings. The van der Waals surface area contributed by atoms with Crippen molar-refractivity contribution in [2.24, 2.45) is 5.92 Å². The zero-order valence-electron chi connectivity index (χ0n) is 14.5. The van der Waals surface area contributed by atoms with E-state index in [2.05, 4.69) is 11.7 Å². The Morgan fingerprint density at radius 3 is 2.07 bits per heavy atom. The molecule has 0 heterocycles. The van der Waals surface area contributed by atoms with Gasteiger partial charge in [0, 0.05) is 0 Å². The van der Waals surface area contributed by atoms with Crippen LogP contribution in [0.25, 0.3) is 0 Å². The van der Waals surface area contributed by atoms with Crippen molar-refractivity contribution in [1.82, 2.24) is 0 Å². The third kappa shape index (κ3) is 4.37.